The highest BCUT2D eigenvalue weighted by Crippen LogP contribution is 2.20. The fourth-order valence-electron chi connectivity index (χ4n) is 2.01. The highest BCUT2D eigenvalue weighted by Gasteiger charge is 2.25. The molecule has 0 aliphatic carbocycles. The molecule has 0 spiro atoms. The number of nitrogens with zero attached hydrogens (tertiary/aromatic N) is 2. The van der Waals surface area contributed by atoms with Gasteiger partial charge in [-0.25, -0.2) is 4.98 Å². The van der Waals surface area contributed by atoms with E-state index in [0.717, 1.165) is 12.8 Å². The van der Waals surface area contributed by atoms with Gasteiger partial charge in [0.25, 0.3) is 5.91 Å². The Hall–Kier alpha value is -1.33. The van der Waals surface area contributed by atoms with Crippen molar-refractivity contribution in [3.63, 3.8) is 0 Å². The fraction of sp³-hybridized carbons (Fsp3) is 0.500. The molecular weight excluding hydrogens is 254 g/mol. The molecule has 1 aliphatic heterocycles. The number of carbonyl (C=O) groups excluding carboxylic acids is 1. The van der Waals surface area contributed by atoms with Gasteiger partial charge in [-0.2, -0.15) is 0 Å². The number of hydrogen-bond acceptors (Lipinski definition) is 4. The van der Waals surface area contributed by atoms with Gasteiger partial charge in [-0.15, -0.1) is 0 Å². The quantitative estimate of drug-likeness (QED) is 0.885. The van der Waals surface area contributed by atoms with Crippen LogP contribution in [0.1, 0.15) is 23.3 Å². The largest absolute Gasteiger partial charge is 0.384 e. The molecule has 5 nitrogen and oxygen atoms in total. The van der Waals surface area contributed by atoms with Gasteiger partial charge >= 0.3 is 0 Å². The average Bonchev–Trinajstić information content (AvgIpc) is 2.41. The van der Waals surface area contributed by atoms with Crippen LogP contribution in [-0.4, -0.2) is 42.1 Å². The molecule has 1 fully saturated rings. The number of ether oxygens (including phenoxy) is 1. The van der Waals surface area contributed by atoms with Crippen molar-refractivity contribution >= 4 is 23.3 Å². The van der Waals surface area contributed by atoms with E-state index in [1.54, 1.807) is 24.1 Å². The lowest BCUT2D eigenvalue weighted by atomic mass is 10.1. The Labute approximate surface area is 111 Å². The summed E-state index contributed by atoms with van der Waals surface area (Å²) in [5.74, 6) is 0.0994. The Kier molecular flexibility index (Phi) is 4.04. The van der Waals surface area contributed by atoms with E-state index in [1.807, 2.05) is 0 Å². The van der Waals surface area contributed by atoms with Gasteiger partial charge in [0.2, 0.25) is 0 Å². The molecule has 98 valence electrons. The summed E-state index contributed by atoms with van der Waals surface area (Å²) in [5.41, 5.74) is 5.80. The first-order valence-corrected chi connectivity index (χ1v) is 6.24. The van der Waals surface area contributed by atoms with Crippen molar-refractivity contribution in [2.75, 3.05) is 26.0 Å². The van der Waals surface area contributed by atoms with Gasteiger partial charge in [0, 0.05) is 26.3 Å². The summed E-state index contributed by atoms with van der Waals surface area (Å²) in [7, 11) is 1.76. The second-order valence-corrected chi connectivity index (χ2v) is 4.73. The minimum absolute atomic E-state index is 0.172. The van der Waals surface area contributed by atoms with Crippen LogP contribution < -0.4 is 5.73 Å². The third kappa shape index (κ3) is 2.73. The SMILES string of the molecule is CN(C(=O)c1nc(N)ccc1Cl)C1CCOCC1. The number of pyridine rings is 1. The molecule has 1 aliphatic rings. The molecule has 2 N–H and O–H groups in total. The lowest BCUT2D eigenvalue weighted by Crippen LogP contribution is -2.41. The number of carbonyl (C=O) groups is 1. The maximum atomic E-state index is 12.3. The first kappa shape index (κ1) is 13.1. The average molecular weight is 270 g/mol. The maximum absolute atomic E-state index is 12.3. The van der Waals surface area contributed by atoms with E-state index in [0.29, 0.717) is 24.1 Å². The standard InChI is InChI=1S/C12H16ClN3O2/c1-16(8-4-6-18-7-5-8)12(17)11-9(13)2-3-10(14)15-11/h2-3,8H,4-7H2,1H3,(H2,14,15). The van der Waals surface area contributed by atoms with Crippen LogP contribution >= 0.6 is 11.6 Å². The van der Waals surface area contributed by atoms with Crippen molar-refractivity contribution in [2.45, 2.75) is 18.9 Å². The summed E-state index contributed by atoms with van der Waals surface area (Å²) in [6.45, 7) is 1.36. The van der Waals surface area contributed by atoms with E-state index in [-0.39, 0.29) is 17.6 Å². The van der Waals surface area contributed by atoms with E-state index in [9.17, 15) is 4.79 Å². The first-order valence-electron chi connectivity index (χ1n) is 5.86. The third-order valence-corrected chi connectivity index (χ3v) is 3.43. The van der Waals surface area contributed by atoms with Gasteiger partial charge in [0.1, 0.15) is 11.5 Å². The topological polar surface area (TPSA) is 68.5 Å². The molecule has 0 bridgehead atoms. The van der Waals surface area contributed by atoms with Crippen LogP contribution in [0.25, 0.3) is 0 Å². The van der Waals surface area contributed by atoms with Crippen LogP contribution in [0.3, 0.4) is 0 Å². The van der Waals surface area contributed by atoms with Gasteiger partial charge in [-0.05, 0) is 25.0 Å². The molecule has 0 saturated carbocycles. The van der Waals surface area contributed by atoms with Crippen molar-refractivity contribution in [3.8, 4) is 0 Å². The number of nitrogens with two attached hydrogens (primary N) is 1. The lowest BCUT2D eigenvalue weighted by molar-refractivity contribution is 0.0359. The van der Waals surface area contributed by atoms with Crippen LogP contribution in [0.2, 0.25) is 5.02 Å². The van der Waals surface area contributed by atoms with E-state index in [4.69, 9.17) is 22.1 Å². The van der Waals surface area contributed by atoms with E-state index < -0.39 is 0 Å². The summed E-state index contributed by atoms with van der Waals surface area (Å²) in [6, 6.07) is 3.34. The minimum atomic E-state index is -0.195. The summed E-state index contributed by atoms with van der Waals surface area (Å²) >= 11 is 5.98. The lowest BCUT2D eigenvalue weighted by Gasteiger charge is -2.31. The number of halogens is 1. The summed E-state index contributed by atoms with van der Waals surface area (Å²) < 4.78 is 5.28. The Morgan fingerprint density at radius 1 is 1.50 bits per heavy atom. The molecule has 0 aromatic carbocycles. The zero-order chi connectivity index (χ0) is 13.1. The van der Waals surface area contributed by atoms with Crippen molar-refractivity contribution < 1.29 is 9.53 Å². The normalized spacial score (nSPS) is 16.6. The molecule has 0 atom stereocenters. The third-order valence-electron chi connectivity index (χ3n) is 3.13. The van der Waals surface area contributed by atoms with E-state index in [2.05, 4.69) is 4.98 Å². The molecule has 0 radical (unpaired) electrons. The Morgan fingerprint density at radius 3 is 2.83 bits per heavy atom. The fourth-order valence-corrected chi connectivity index (χ4v) is 2.20. The Bertz CT molecular complexity index is 447. The number of anilines is 1. The first-order chi connectivity index (χ1) is 8.59. The maximum Gasteiger partial charge on any atom is 0.274 e. The van der Waals surface area contributed by atoms with Crippen molar-refractivity contribution in [1.29, 1.82) is 0 Å². The van der Waals surface area contributed by atoms with Crippen LogP contribution in [0.4, 0.5) is 5.82 Å². The number of amides is 1. The summed E-state index contributed by atoms with van der Waals surface area (Å²) in [5, 5.41) is 0.327. The molecule has 1 aromatic heterocycles. The predicted molar refractivity (Wildman–Crippen MR) is 69.6 cm³/mol. The molecule has 2 rings (SSSR count). The highest BCUT2D eigenvalue weighted by atomic mass is 35.5. The molecule has 1 aromatic rings. The smallest absolute Gasteiger partial charge is 0.274 e. The van der Waals surface area contributed by atoms with Crippen LogP contribution in [0, 0.1) is 0 Å². The van der Waals surface area contributed by atoms with Gasteiger partial charge in [0.15, 0.2) is 0 Å². The molecule has 1 saturated heterocycles. The van der Waals surface area contributed by atoms with Crippen LogP contribution in [-0.2, 0) is 4.74 Å². The van der Waals surface area contributed by atoms with Crippen LogP contribution in [0.5, 0.6) is 0 Å². The number of aromatic nitrogens is 1. The van der Waals surface area contributed by atoms with Crippen molar-refractivity contribution in [2.24, 2.45) is 0 Å². The molecule has 0 unspecified atom stereocenters. The molecular formula is C12H16ClN3O2. The van der Waals surface area contributed by atoms with Gasteiger partial charge < -0.3 is 15.4 Å². The summed E-state index contributed by atoms with van der Waals surface area (Å²) in [4.78, 5) is 18.0. The van der Waals surface area contributed by atoms with Crippen LogP contribution in [0.15, 0.2) is 12.1 Å². The number of hydrogen-bond donors (Lipinski definition) is 1. The van der Waals surface area contributed by atoms with E-state index in [1.165, 1.54) is 0 Å². The Balaban J connectivity index is 2.16. The van der Waals surface area contributed by atoms with E-state index >= 15 is 0 Å². The molecule has 18 heavy (non-hydrogen) atoms. The van der Waals surface area contributed by atoms with Gasteiger partial charge in [0.05, 0.1) is 5.02 Å². The monoisotopic (exact) mass is 269 g/mol. The Morgan fingerprint density at radius 2 is 2.17 bits per heavy atom. The molecule has 1 amide bonds. The zero-order valence-electron chi connectivity index (χ0n) is 10.2. The molecule has 2 heterocycles. The minimum Gasteiger partial charge on any atom is -0.384 e. The summed E-state index contributed by atoms with van der Waals surface area (Å²) in [6.07, 6.45) is 1.67. The second kappa shape index (κ2) is 5.54. The van der Waals surface area contributed by atoms with Crippen molar-refractivity contribution in [1.82, 2.24) is 9.88 Å². The second-order valence-electron chi connectivity index (χ2n) is 4.33. The predicted octanol–water partition coefficient (Wildman–Crippen LogP) is 1.57. The number of nitrogen functional groups attached to an aromatic ring is 1. The number of rotatable bonds is 2. The highest BCUT2D eigenvalue weighted by molar-refractivity contribution is 6.33. The van der Waals surface area contributed by atoms with Gasteiger partial charge in [-0.1, -0.05) is 11.6 Å². The zero-order valence-corrected chi connectivity index (χ0v) is 11.0. The van der Waals surface area contributed by atoms with Gasteiger partial charge in [-0.3, -0.25) is 4.79 Å². The molecule has 6 heteroatoms. The van der Waals surface area contributed by atoms with Crippen molar-refractivity contribution in [3.05, 3.63) is 22.8 Å².